The molecule has 1 aromatic carbocycles. The number of hydrogen-bond acceptors (Lipinski definition) is 6. The molecular formula is C24H22F3N7O. The van der Waals surface area contributed by atoms with E-state index in [9.17, 15) is 13.2 Å². The maximum atomic E-state index is 13.6. The van der Waals surface area contributed by atoms with E-state index in [1.807, 2.05) is 13.1 Å². The van der Waals surface area contributed by atoms with Crippen molar-refractivity contribution in [3.8, 4) is 11.7 Å². The summed E-state index contributed by atoms with van der Waals surface area (Å²) in [7, 11) is 1.51. The van der Waals surface area contributed by atoms with E-state index in [-0.39, 0.29) is 5.56 Å². The number of aryl methyl sites for hydroxylation is 2. The van der Waals surface area contributed by atoms with E-state index in [4.69, 9.17) is 4.74 Å². The SMILES string of the molecule is COc1nc(C=Cc2nc3n(n2)CCCC3c2ccccc2C(F)(F)F)cnc1-n1cnc(C)c1. The molecule has 0 fully saturated rings. The van der Waals surface area contributed by atoms with Crippen molar-refractivity contribution in [2.75, 3.05) is 7.11 Å². The Bertz CT molecular complexity index is 1390. The lowest BCUT2D eigenvalue weighted by Crippen LogP contribution is -2.21. The molecule has 0 radical (unpaired) electrons. The third-order valence-corrected chi connectivity index (χ3v) is 5.83. The van der Waals surface area contributed by atoms with E-state index in [1.54, 1.807) is 40.0 Å². The number of aromatic nitrogens is 7. The molecular weight excluding hydrogens is 459 g/mol. The van der Waals surface area contributed by atoms with Gasteiger partial charge in [0.05, 0.1) is 30.3 Å². The highest BCUT2D eigenvalue weighted by molar-refractivity contribution is 5.64. The molecule has 3 aromatic heterocycles. The van der Waals surface area contributed by atoms with E-state index in [2.05, 4.69) is 25.0 Å². The van der Waals surface area contributed by atoms with Gasteiger partial charge in [-0.15, -0.1) is 0 Å². The molecule has 0 N–H and O–H groups in total. The molecule has 1 unspecified atom stereocenters. The molecule has 0 saturated heterocycles. The molecule has 0 amide bonds. The number of ether oxygens (including phenoxy) is 1. The van der Waals surface area contributed by atoms with Gasteiger partial charge in [-0.1, -0.05) is 18.2 Å². The molecule has 180 valence electrons. The van der Waals surface area contributed by atoms with Gasteiger partial charge >= 0.3 is 6.18 Å². The lowest BCUT2D eigenvalue weighted by Gasteiger charge is -2.25. The Morgan fingerprint density at radius 1 is 1.11 bits per heavy atom. The van der Waals surface area contributed by atoms with Crippen LogP contribution in [0, 0.1) is 6.92 Å². The van der Waals surface area contributed by atoms with E-state index < -0.39 is 17.7 Å². The topological polar surface area (TPSA) is 83.5 Å². The Hall–Kier alpha value is -4.02. The van der Waals surface area contributed by atoms with Crippen LogP contribution in [-0.4, -0.2) is 41.4 Å². The second-order valence-electron chi connectivity index (χ2n) is 8.21. The standard InChI is InChI=1S/C24H22F3N7O/c1-15-13-33(14-29-15)22-23(35-2)30-16(12-28-22)9-10-20-31-21-18(7-5-11-34(21)32-20)17-6-3-4-8-19(17)24(25,26)27/h3-4,6,8-10,12-14,18H,5,7,11H2,1-2H3. The number of methoxy groups -OCH3 is 1. The lowest BCUT2D eigenvalue weighted by atomic mass is 9.88. The smallest absolute Gasteiger partial charge is 0.416 e. The van der Waals surface area contributed by atoms with Crippen LogP contribution in [-0.2, 0) is 12.7 Å². The molecule has 11 heteroatoms. The Labute approximate surface area is 199 Å². The van der Waals surface area contributed by atoms with E-state index in [0.29, 0.717) is 48.4 Å². The zero-order valence-corrected chi connectivity index (χ0v) is 19.1. The minimum atomic E-state index is -4.43. The third-order valence-electron chi connectivity index (χ3n) is 5.83. The fourth-order valence-corrected chi connectivity index (χ4v) is 4.26. The number of hydrogen-bond donors (Lipinski definition) is 0. The second kappa shape index (κ2) is 8.97. The summed E-state index contributed by atoms with van der Waals surface area (Å²) < 4.78 is 49.6. The summed E-state index contributed by atoms with van der Waals surface area (Å²) in [4.78, 5) is 17.6. The second-order valence-corrected chi connectivity index (χ2v) is 8.21. The van der Waals surface area contributed by atoms with Crippen molar-refractivity contribution >= 4 is 12.2 Å². The Morgan fingerprint density at radius 2 is 1.94 bits per heavy atom. The Kier molecular flexibility index (Phi) is 5.83. The number of nitrogens with zero attached hydrogens (tertiary/aromatic N) is 7. The van der Waals surface area contributed by atoms with Crippen molar-refractivity contribution < 1.29 is 17.9 Å². The summed E-state index contributed by atoms with van der Waals surface area (Å²) in [5.74, 6) is 1.28. The number of halogens is 3. The van der Waals surface area contributed by atoms with Gasteiger partial charge in [0.1, 0.15) is 12.2 Å². The predicted octanol–water partition coefficient (Wildman–Crippen LogP) is 4.69. The summed E-state index contributed by atoms with van der Waals surface area (Å²) in [6, 6.07) is 5.68. The molecule has 5 rings (SSSR count). The monoisotopic (exact) mass is 481 g/mol. The molecule has 1 atom stereocenters. The third kappa shape index (κ3) is 4.53. The molecule has 4 aromatic rings. The van der Waals surface area contributed by atoms with E-state index >= 15 is 0 Å². The van der Waals surface area contributed by atoms with Crippen molar-refractivity contribution in [3.63, 3.8) is 0 Å². The van der Waals surface area contributed by atoms with Gasteiger partial charge < -0.3 is 4.74 Å². The Balaban J connectivity index is 1.43. The van der Waals surface area contributed by atoms with Crippen molar-refractivity contribution in [1.29, 1.82) is 0 Å². The van der Waals surface area contributed by atoms with Crippen molar-refractivity contribution in [2.45, 2.75) is 38.4 Å². The molecule has 0 bridgehead atoms. The first-order chi connectivity index (χ1) is 16.8. The highest BCUT2D eigenvalue weighted by Gasteiger charge is 2.37. The van der Waals surface area contributed by atoms with E-state index in [1.165, 1.54) is 19.2 Å². The van der Waals surface area contributed by atoms with Crippen molar-refractivity contribution in [3.05, 3.63) is 77.2 Å². The average Bonchev–Trinajstić information content (AvgIpc) is 3.47. The molecule has 0 saturated carbocycles. The first-order valence-corrected chi connectivity index (χ1v) is 11.0. The Morgan fingerprint density at radius 3 is 2.69 bits per heavy atom. The summed E-state index contributed by atoms with van der Waals surface area (Å²) in [5, 5.41) is 4.49. The molecule has 1 aliphatic heterocycles. The van der Waals surface area contributed by atoms with Crippen LogP contribution in [0.2, 0.25) is 0 Å². The first-order valence-electron chi connectivity index (χ1n) is 11.0. The van der Waals surface area contributed by atoms with Crippen LogP contribution >= 0.6 is 0 Å². The fourth-order valence-electron chi connectivity index (χ4n) is 4.26. The minimum Gasteiger partial charge on any atom is -0.478 e. The summed E-state index contributed by atoms with van der Waals surface area (Å²) in [6.07, 6.45) is 5.25. The molecule has 1 aliphatic rings. The number of benzene rings is 1. The van der Waals surface area contributed by atoms with Gasteiger partial charge in [0.2, 0.25) is 5.82 Å². The van der Waals surface area contributed by atoms with Crippen LogP contribution in [0.1, 0.15) is 52.9 Å². The van der Waals surface area contributed by atoms with Gasteiger partial charge in [-0.2, -0.15) is 18.3 Å². The summed E-state index contributed by atoms with van der Waals surface area (Å²) in [5.41, 5.74) is 0.955. The molecule has 35 heavy (non-hydrogen) atoms. The fraction of sp³-hybridized carbons (Fsp3) is 0.292. The van der Waals surface area contributed by atoms with Crippen molar-refractivity contribution in [2.24, 2.45) is 0 Å². The van der Waals surface area contributed by atoms with Gasteiger partial charge in [0, 0.05) is 18.7 Å². The number of fused-ring (bicyclic) bond motifs is 1. The minimum absolute atomic E-state index is 0.227. The van der Waals surface area contributed by atoms with Crippen LogP contribution in [0.15, 0.2) is 43.0 Å². The number of alkyl halides is 3. The van der Waals surface area contributed by atoms with Gasteiger partial charge in [0.15, 0.2) is 5.82 Å². The zero-order valence-electron chi connectivity index (χ0n) is 19.1. The van der Waals surface area contributed by atoms with Crippen LogP contribution in [0.3, 0.4) is 0 Å². The maximum Gasteiger partial charge on any atom is 0.416 e. The number of rotatable bonds is 5. The first kappa shape index (κ1) is 22.8. The highest BCUT2D eigenvalue weighted by atomic mass is 19.4. The maximum absolute atomic E-state index is 13.6. The molecule has 0 aliphatic carbocycles. The lowest BCUT2D eigenvalue weighted by molar-refractivity contribution is -0.138. The molecule has 4 heterocycles. The van der Waals surface area contributed by atoms with Crippen molar-refractivity contribution in [1.82, 2.24) is 34.3 Å². The largest absolute Gasteiger partial charge is 0.478 e. The summed E-state index contributed by atoms with van der Waals surface area (Å²) in [6.45, 7) is 2.48. The van der Waals surface area contributed by atoms with Gasteiger partial charge in [0.25, 0.3) is 5.88 Å². The quantitative estimate of drug-likeness (QED) is 0.411. The molecule has 8 nitrogen and oxygen atoms in total. The molecule has 0 spiro atoms. The summed E-state index contributed by atoms with van der Waals surface area (Å²) >= 11 is 0. The predicted molar refractivity (Wildman–Crippen MR) is 122 cm³/mol. The van der Waals surface area contributed by atoms with E-state index in [0.717, 1.165) is 11.8 Å². The van der Waals surface area contributed by atoms with Gasteiger partial charge in [-0.3, -0.25) is 4.57 Å². The average molecular weight is 481 g/mol. The van der Waals surface area contributed by atoms with Crippen LogP contribution < -0.4 is 4.74 Å². The van der Waals surface area contributed by atoms with Crippen LogP contribution in [0.5, 0.6) is 5.88 Å². The van der Waals surface area contributed by atoms with Gasteiger partial charge in [-0.25, -0.2) is 24.6 Å². The zero-order chi connectivity index (χ0) is 24.6. The number of imidazole rings is 1. The van der Waals surface area contributed by atoms with Gasteiger partial charge in [-0.05, 0) is 43.5 Å². The normalized spacial score (nSPS) is 16.0. The van der Waals surface area contributed by atoms with Crippen LogP contribution in [0.25, 0.3) is 18.0 Å². The van der Waals surface area contributed by atoms with Crippen LogP contribution in [0.4, 0.5) is 13.2 Å². The highest BCUT2D eigenvalue weighted by Crippen LogP contribution is 2.40.